The third-order valence-corrected chi connectivity index (χ3v) is 5.70. The molecule has 0 N–H and O–H groups in total. The quantitative estimate of drug-likeness (QED) is 0.460. The summed E-state index contributed by atoms with van der Waals surface area (Å²) in [5.41, 5.74) is 1.77. The normalized spacial score (nSPS) is 14.2. The van der Waals surface area contributed by atoms with Crippen molar-refractivity contribution in [3.8, 4) is 0 Å². The van der Waals surface area contributed by atoms with Crippen LogP contribution in [0.4, 0.5) is 10.1 Å². The van der Waals surface area contributed by atoms with E-state index in [2.05, 4.69) is 9.88 Å². The highest BCUT2D eigenvalue weighted by molar-refractivity contribution is 7.98. The van der Waals surface area contributed by atoms with E-state index in [1.54, 1.807) is 23.1 Å². The molecule has 1 aromatic carbocycles. The molecule has 2 aromatic heterocycles. The lowest BCUT2D eigenvalue weighted by atomic mass is 10.2. The van der Waals surface area contributed by atoms with Gasteiger partial charge in [-0.1, -0.05) is 17.8 Å². The van der Waals surface area contributed by atoms with Gasteiger partial charge in [-0.3, -0.25) is 9.20 Å². The monoisotopic (exact) mass is 428 g/mol. The fraction of sp³-hybridized carbons (Fsp3) is 0.286. The minimum absolute atomic E-state index is 0.203. The van der Waals surface area contributed by atoms with Gasteiger partial charge in [-0.25, -0.2) is 14.2 Å². The Labute approximate surface area is 177 Å². The molecule has 0 unspecified atom stereocenters. The maximum Gasteiger partial charge on any atom is 0.359 e. The van der Waals surface area contributed by atoms with E-state index in [9.17, 15) is 14.0 Å². The molecule has 1 amide bonds. The van der Waals surface area contributed by atoms with E-state index in [1.165, 1.54) is 23.9 Å². The Morgan fingerprint density at radius 3 is 2.53 bits per heavy atom. The zero-order valence-electron chi connectivity index (χ0n) is 16.5. The van der Waals surface area contributed by atoms with Crippen molar-refractivity contribution in [3.05, 3.63) is 60.2 Å². The number of carbonyl (C=O) groups is 2. The number of hydrogen-bond acceptors (Lipinski definition) is 6. The number of halogens is 1. The Morgan fingerprint density at radius 2 is 1.83 bits per heavy atom. The number of ether oxygens (including phenoxy) is 1. The first-order valence-electron chi connectivity index (χ1n) is 9.53. The number of pyridine rings is 1. The predicted molar refractivity (Wildman–Crippen MR) is 112 cm³/mol. The molecular weight excluding hydrogens is 407 g/mol. The molecule has 3 aromatic rings. The maximum atomic E-state index is 13.1. The van der Waals surface area contributed by atoms with Gasteiger partial charge in [-0.05, 0) is 42.7 Å². The first kappa shape index (κ1) is 20.2. The molecule has 0 atom stereocenters. The molecule has 0 bridgehead atoms. The summed E-state index contributed by atoms with van der Waals surface area (Å²) in [6.45, 7) is 1.97. The van der Waals surface area contributed by atoms with Crippen LogP contribution in [-0.4, -0.2) is 65.2 Å². The summed E-state index contributed by atoms with van der Waals surface area (Å²) in [6.07, 6.45) is 3.71. The van der Waals surface area contributed by atoms with Crippen LogP contribution in [0, 0.1) is 5.82 Å². The highest BCUT2D eigenvalue weighted by atomic mass is 32.2. The average Bonchev–Trinajstić information content (AvgIpc) is 3.17. The van der Waals surface area contributed by atoms with Crippen molar-refractivity contribution in [2.75, 3.05) is 43.9 Å². The molecule has 1 aliphatic rings. The van der Waals surface area contributed by atoms with Gasteiger partial charge in [0.05, 0.1) is 5.52 Å². The molecule has 0 spiro atoms. The molecule has 4 rings (SSSR count). The van der Waals surface area contributed by atoms with Gasteiger partial charge in [0.1, 0.15) is 5.82 Å². The van der Waals surface area contributed by atoms with Crippen LogP contribution in [0.25, 0.3) is 5.52 Å². The van der Waals surface area contributed by atoms with Crippen LogP contribution >= 0.6 is 11.8 Å². The van der Waals surface area contributed by atoms with Crippen molar-refractivity contribution in [1.29, 1.82) is 0 Å². The Hall–Kier alpha value is -3.07. The Bertz CT molecular complexity index is 1060. The third-order valence-electron chi connectivity index (χ3n) is 5.04. The summed E-state index contributed by atoms with van der Waals surface area (Å²) in [7, 11) is 0. The number of hydrogen-bond donors (Lipinski definition) is 0. The number of imidazole rings is 1. The van der Waals surface area contributed by atoms with Gasteiger partial charge in [-0.2, -0.15) is 0 Å². The highest BCUT2D eigenvalue weighted by Crippen LogP contribution is 2.21. The number of thioether (sulfide) groups is 1. The van der Waals surface area contributed by atoms with Crippen LogP contribution in [0.1, 0.15) is 10.5 Å². The number of carbonyl (C=O) groups excluding carboxylic acids is 2. The van der Waals surface area contributed by atoms with Crippen molar-refractivity contribution < 1.29 is 18.7 Å². The zero-order chi connectivity index (χ0) is 21.1. The smallest absolute Gasteiger partial charge is 0.359 e. The maximum absolute atomic E-state index is 13.1. The Balaban J connectivity index is 1.33. The lowest BCUT2D eigenvalue weighted by Crippen LogP contribution is -2.49. The number of anilines is 1. The van der Waals surface area contributed by atoms with Crippen LogP contribution in [-0.2, 0) is 9.53 Å². The highest BCUT2D eigenvalue weighted by Gasteiger charge is 2.24. The van der Waals surface area contributed by atoms with Crippen molar-refractivity contribution in [3.63, 3.8) is 0 Å². The Morgan fingerprint density at radius 1 is 1.10 bits per heavy atom. The van der Waals surface area contributed by atoms with Crippen LogP contribution in [0.15, 0.2) is 53.8 Å². The minimum atomic E-state index is -0.614. The van der Waals surface area contributed by atoms with Crippen molar-refractivity contribution in [1.82, 2.24) is 14.3 Å². The number of piperazine rings is 1. The number of fused-ring (bicyclic) bond motifs is 1. The first-order chi connectivity index (χ1) is 14.6. The number of esters is 1. The second-order valence-corrected chi connectivity index (χ2v) is 7.60. The molecule has 7 nitrogen and oxygen atoms in total. The largest absolute Gasteiger partial charge is 0.451 e. The van der Waals surface area contributed by atoms with E-state index in [-0.39, 0.29) is 24.0 Å². The van der Waals surface area contributed by atoms with Crippen LogP contribution in [0.2, 0.25) is 0 Å². The first-order valence-corrected chi connectivity index (χ1v) is 10.8. The van der Waals surface area contributed by atoms with Crippen LogP contribution in [0.5, 0.6) is 0 Å². The SMILES string of the molecule is CSc1nc(C(=O)OCC(=O)N2CCN(c3ccc(F)cc3)CC2)c2ccccn12. The molecule has 30 heavy (non-hydrogen) atoms. The molecule has 1 fully saturated rings. The average molecular weight is 428 g/mol. The number of aromatic nitrogens is 2. The molecule has 1 aliphatic heterocycles. The summed E-state index contributed by atoms with van der Waals surface area (Å²) in [5, 5.41) is 0.681. The molecule has 3 heterocycles. The molecule has 0 radical (unpaired) electrons. The van der Waals surface area contributed by atoms with Crippen molar-refractivity contribution in [2.45, 2.75) is 5.16 Å². The molecular formula is C21H21FN4O3S. The fourth-order valence-corrected chi connectivity index (χ4v) is 4.00. The topological polar surface area (TPSA) is 67.2 Å². The van der Waals surface area contributed by atoms with Gasteiger partial charge >= 0.3 is 5.97 Å². The summed E-state index contributed by atoms with van der Waals surface area (Å²) >= 11 is 1.43. The van der Waals surface area contributed by atoms with Gasteiger partial charge in [0.15, 0.2) is 17.5 Å². The van der Waals surface area contributed by atoms with Crippen LogP contribution < -0.4 is 4.90 Å². The van der Waals surface area contributed by atoms with Crippen molar-refractivity contribution >= 4 is 34.8 Å². The van der Waals surface area contributed by atoms with E-state index in [0.29, 0.717) is 36.9 Å². The van der Waals surface area contributed by atoms with E-state index in [1.807, 2.05) is 29.0 Å². The number of amides is 1. The molecule has 0 aliphatic carbocycles. The van der Waals surface area contributed by atoms with E-state index in [4.69, 9.17) is 4.74 Å². The van der Waals surface area contributed by atoms with E-state index >= 15 is 0 Å². The molecule has 1 saturated heterocycles. The number of nitrogens with zero attached hydrogens (tertiary/aromatic N) is 4. The zero-order valence-corrected chi connectivity index (χ0v) is 17.3. The van der Waals surface area contributed by atoms with E-state index < -0.39 is 5.97 Å². The summed E-state index contributed by atoms with van der Waals surface area (Å²) in [4.78, 5) is 33.1. The standard InChI is InChI=1S/C21H21FN4O3S/c1-30-21-23-19(17-4-2-3-9-26(17)21)20(28)29-14-18(27)25-12-10-24(11-13-25)16-7-5-15(22)6-8-16/h2-9H,10-14H2,1H3. The Kier molecular flexibility index (Phi) is 5.89. The predicted octanol–water partition coefficient (Wildman–Crippen LogP) is 2.70. The number of rotatable bonds is 5. The van der Waals surface area contributed by atoms with Crippen LogP contribution in [0.3, 0.4) is 0 Å². The molecule has 9 heteroatoms. The van der Waals surface area contributed by atoms with Gasteiger partial charge < -0.3 is 14.5 Å². The number of benzene rings is 1. The van der Waals surface area contributed by atoms with Gasteiger partial charge in [0.25, 0.3) is 5.91 Å². The van der Waals surface area contributed by atoms with E-state index in [0.717, 1.165) is 5.69 Å². The summed E-state index contributed by atoms with van der Waals surface area (Å²) in [5.74, 6) is -1.13. The molecule has 0 saturated carbocycles. The second kappa shape index (κ2) is 8.74. The summed E-state index contributed by atoms with van der Waals surface area (Å²) in [6, 6.07) is 11.8. The van der Waals surface area contributed by atoms with Gasteiger partial charge in [0, 0.05) is 38.1 Å². The van der Waals surface area contributed by atoms with Crippen molar-refractivity contribution in [2.24, 2.45) is 0 Å². The fourth-order valence-electron chi connectivity index (χ4n) is 3.46. The third kappa shape index (κ3) is 4.11. The lowest BCUT2D eigenvalue weighted by molar-refractivity contribution is -0.134. The lowest BCUT2D eigenvalue weighted by Gasteiger charge is -2.36. The summed E-state index contributed by atoms with van der Waals surface area (Å²) < 4.78 is 20.2. The van der Waals surface area contributed by atoms with Gasteiger partial charge in [0.2, 0.25) is 0 Å². The molecule has 156 valence electrons. The second-order valence-electron chi connectivity index (χ2n) is 6.82. The minimum Gasteiger partial charge on any atom is -0.451 e. The van der Waals surface area contributed by atoms with Gasteiger partial charge in [-0.15, -0.1) is 0 Å².